The number of unbranched alkanes of at least 4 members (excludes halogenated alkanes) is 1. The Hall–Kier alpha value is -2.56. The molecule has 0 heterocycles. The van der Waals surface area contributed by atoms with Crippen LogP contribution in [0.1, 0.15) is 35.2 Å². The fraction of sp³-hybridized carbons (Fsp3) is 0.357. The van der Waals surface area contributed by atoms with Crippen molar-refractivity contribution in [2.75, 3.05) is 0 Å². The number of alkyl halides is 3. The number of aliphatic carboxylic acids is 1. The number of carboxylic acids is 1. The maximum atomic E-state index is 12.6. The Morgan fingerprint density at radius 3 is 2.59 bits per heavy atom. The van der Waals surface area contributed by atoms with Gasteiger partial charge in [0.05, 0.1) is 11.6 Å². The van der Waals surface area contributed by atoms with E-state index >= 15 is 0 Å². The summed E-state index contributed by atoms with van der Waals surface area (Å²) < 4.78 is 37.7. The van der Waals surface area contributed by atoms with Gasteiger partial charge < -0.3 is 10.4 Å². The molecule has 0 unspecified atom stereocenters. The first kappa shape index (κ1) is 17.5. The fourth-order valence-corrected chi connectivity index (χ4v) is 1.72. The second-order valence-corrected chi connectivity index (χ2v) is 4.49. The largest absolute Gasteiger partial charge is 0.480 e. The van der Waals surface area contributed by atoms with Crippen molar-refractivity contribution >= 4 is 11.9 Å². The zero-order chi connectivity index (χ0) is 16.8. The number of carbonyl (C=O) groups is 2. The number of hydrogen-bond donors (Lipinski definition) is 2. The van der Waals surface area contributed by atoms with Gasteiger partial charge in [-0.05, 0) is 31.0 Å². The third-order valence-corrected chi connectivity index (χ3v) is 2.84. The molecule has 0 aliphatic carbocycles. The van der Waals surface area contributed by atoms with Gasteiger partial charge in [-0.3, -0.25) is 4.79 Å². The molecule has 1 aromatic rings. The summed E-state index contributed by atoms with van der Waals surface area (Å²) in [5.74, 6) is -2.21. The molecule has 0 bridgehead atoms. The molecule has 0 saturated carbocycles. The predicted octanol–water partition coefficient (Wildman–Crippen LogP) is 2.58. The first-order valence-corrected chi connectivity index (χ1v) is 6.33. The van der Waals surface area contributed by atoms with E-state index in [1.54, 1.807) is 0 Å². The second kappa shape index (κ2) is 7.45. The summed E-state index contributed by atoms with van der Waals surface area (Å²) in [4.78, 5) is 22.9. The highest BCUT2D eigenvalue weighted by atomic mass is 19.4. The van der Waals surface area contributed by atoms with Crippen LogP contribution in [0.2, 0.25) is 0 Å². The molecule has 0 radical (unpaired) electrons. The van der Waals surface area contributed by atoms with Gasteiger partial charge in [0.1, 0.15) is 6.04 Å². The first-order chi connectivity index (χ1) is 10.3. The predicted molar refractivity (Wildman–Crippen MR) is 69.8 cm³/mol. The Kier molecular flexibility index (Phi) is 5.92. The summed E-state index contributed by atoms with van der Waals surface area (Å²) in [5, 5.41) is 19.5. The van der Waals surface area contributed by atoms with Gasteiger partial charge >= 0.3 is 12.1 Å². The standard InChI is InChI=1S/C14H13F3N2O3/c15-14(16,17)10-5-3-4-9(8-10)12(20)19-11(13(21)22)6-1-2-7-18/h3-5,8,11H,1-2,6H2,(H,19,20)(H,21,22)/t11-/m0/s1. The number of benzene rings is 1. The van der Waals surface area contributed by atoms with E-state index in [-0.39, 0.29) is 24.8 Å². The molecule has 0 aliphatic rings. The van der Waals surface area contributed by atoms with Crippen molar-refractivity contribution in [3.05, 3.63) is 35.4 Å². The van der Waals surface area contributed by atoms with Crippen LogP contribution in [0, 0.1) is 11.3 Å². The minimum absolute atomic E-state index is 0.0214. The van der Waals surface area contributed by atoms with Gasteiger partial charge in [0.15, 0.2) is 0 Å². The fourth-order valence-electron chi connectivity index (χ4n) is 1.72. The average molecular weight is 314 g/mol. The Bertz CT molecular complexity index is 594. The van der Waals surface area contributed by atoms with Crippen molar-refractivity contribution in [2.24, 2.45) is 0 Å². The number of carboxylic acid groups (broad SMARTS) is 1. The summed E-state index contributed by atoms with van der Waals surface area (Å²) in [7, 11) is 0. The van der Waals surface area contributed by atoms with Gasteiger partial charge in [-0.1, -0.05) is 6.07 Å². The van der Waals surface area contributed by atoms with Crippen molar-refractivity contribution < 1.29 is 27.9 Å². The molecule has 0 aromatic heterocycles. The molecule has 0 spiro atoms. The van der Waals surface area contributed by atoms with Crippen molar-refractivity contribution in [1.82, 2.24) is 5.32 Å². The van der Waals surface area contributed by atoms with Crippen molar-refractivity contribution in [2.45, 2.75) is 31.5 Å². The van der Waals surface area contributed by atoms with Crippen molar-refractivity contribution in [3.8, 4) is 6.07 Å². The monoisotopic (exact) mass is 314 g/mol. The number of nitrogens with one attached hydrogen (secondary N) is 1. The Morgan fingerprint density at radius 2 is 2.05 bits per heavy atom. The summed E-state index contributed by atoms with van der Waals surface area (Å²) in [6.45, 7) is 0. The van der Waals surface area contributed by atoms with E-state index < -0.39 is 29.7 Å². The zero-order valence-electron chi connectivity index (χ0n) is 11.4. The molecule has 0 aliphatic heterocycles. The summed E-state index contributed by atoms with van der Waals surface area (Å²) >= 11 is 0. The van der Waals surface area contributed by atoms with Crippen LogP contribution < -0.4 is 5.32 Å². The molecule has 1 rings (SSSR count). The minimum Gasteiger partial charge on any atom is -0.480 e. The first-order valence-electron chi connectivity index (χ1n) is 6.33. The van der Waals surface area contributed by atoms with Crippen LogP contribution in [-0.4, -0.2) is 23.0 Å². The second-order valence-electron chi connectivity index (χ2n) is 4.49. The van der Waals surface area contributed by atoms with Gasteiger partial charge in [-0.15, -0.1) is 0 Å². The number of halogens is 3. The van der Waals surface area contributed by atoms with Crippen LogP contribution in [-0.2, 0) is 11.0 Å². The highest BCUT2D eigenvalue weighted by molar-refractivity contribution is 5.96. The lowest BCUT2D eigenvalue weighted by molar-refractivity contribution is -0.139. The normalized spacial score (nSPS) is 12.3. The van der Waals surface area contributed by atoms with E-state index in [2.05, 4.69) is 5.32 Å². The lowest BCUT2D eigenvalue weighted by Gasteiger charge is -2.14. The SMILES string of the molecule is N#CCCC[C@H](NC(=O)c1cccc(C(F)(F)F)c1)C(=O)O. The lowest BCUT2D eigenvalue weighted by atomic mass is 10.1. The molecule has 5 nitrogen and oxygen atoms in total. The van der Waals surface area contributed by atoms with Gasteiger partial charge in [0.25, 0.3) is 5.91 Å². The van der Waals surface area contributed by atoms with E-state index in [4.69, 9.17) is 10.4 Å². The van der Waals surface area contributed by atoms with Crippen LogP contribution in [0.3, 0.4) is 0 Å². The van der Waals surface area contributed by atoms with Gasteiger partial charge in [0.2, 0.25) is 0 Å². The molecule has 0 saturated heterocycles. The van der Waals surface area contributed by atoms with Gasteiger partial charge in [-0.25, -0.2) is 4.79 Å². The van der Waals surface area contributed by atoms with E-state index in [0.29, 0.717) is 6.07 Å². The number of hydrogen-bond acceptors (Lipinski definition) is 3. The average Bonchev–Trinajstić information content (AvgIpc) is 2.45. The minimum atomic E-state index is -4.59. The number of nitrogens with zero attached hydrogens (tertiary/aromatic N) is 1. The summed E-state index contributed by atoms with van der Waals surface area (Å²) in [5.41, 5.74) is -1.27. The Labute approximate surface area is 124 Å². The third kappa shape index (κ3) is 5.09. The molecule has 8 heteroatoms. The van der Waals surface area contributed by atoms with E-state index in [1.165, 1.54) is 6.07 Å². The van der Waals surface area contributed by atoms with Crippen LogP contribution in [0.4, 0.5) is 13.2 Å². The topological polar surface area (TPSA) is 90.2 Å². The lowest BCUT2D eigenvalue weighted by Crippen LogP contribution is -2.40. The number of rotatable bonds is 6. The van der Waals surface area contributed by atoms with Gasteiger partial charge in [0, 0.05) is 12.0 Å². The molecule has 118 valence electrons. The van der Waals surface area contributed by atoms with Crippen LogP contribution >= 0.6 is 0 Å². The van der Waals surface area contributed by atoms with Crippen LogP contribution in [0.5, 0.6) is 0 Å². The van der Waals surface area contributed by atoms with Crippen LogP contribution in [0.15, 0.2) is 24.3 Å². The molecule has 1 atom stereocenters. The maximum absolute atomic E-state index is 12.6. The molecule has 1 aromatic carbocycles. The van der Waals surface area contributed by atoms with Crippen molar-refractivity contribution in [1.29, 1.82) is 5.26 Å². The summed E-state index contributed by atoms with van der Waals surface area (Å²) in [6, 6.07) is 4.30. The Balaban J connectivity index is 2.82. The van der Waals surface area contributed by atoms with Crippen LogP contribution in [0.25, 0.3) is 0 Å². The van der Waals surface area contributed by atoms with Gasteiger partial charge in [-0.2, -0.15) is 18.4 Å². The third-order valence-electron chi connectivity index (χ3n) is 2.84. The quantitative estimate of drug-likeness (QED) is 0.790. The molecular weight excluding hydrogens is 301 g/mol. The molecule has 22 heavy (non-hydrogen) atoms. The zero-order valence-corrected chi connectivity index (χ0v) is 11.4. The smallest absolute Gasteiger partial charge is 0.416 e. The highest BCUT2D eigenvalue weighted by Gasteiger charge is 2.31. The maximum Gasteiger partial charge on any atom is 0.416 e. The van der Waals surface area contributed by atoms with E-state index in [1.807, 2.05) is 6.07 Å². The molecule has 2 N–H and O–H groups in total. The molecule has 0 fully saturated rings. The number of nitriles is 1. The summed E-state index contributed by atoms with van der Waals surface area (Å²) in [6.07, 6.45) is -4.18. The van der Waals surface area contributed by atoms with Crippen molar-refractivity contribution in [3.63, 3.8) is 0 Å². The number of amides is 1. The van der Waals surface area contributed by atoms with E-state index in [9.17, 15) is 22.8 Å². The number of carbonyl (C=O) groups excluding carboxylic acids is 1. The molecular formula is C14H13F3N2O3. The highest BCUT2D eigenvalue weighted by Crippen LogP contribution is 2.29. The van der Waals surface area contributed by atoms with E-state index in [0.717, 1.165) is 12.1 Å². The molecule has 1 amide bonds. The Morgan fingerprint density at radius 1 is 1.36 bits per heavy atom.